The molecule has 4 aromatic rings. The first-order valence-electron chi connectivity index (χ1n) is 10.7. The molecule has 3 aromatic carbocycles. The molecule has 1 heterocycles. The first-order chi connectivity index (χ1) is 16.1. The van der Waals surface area contributed by atoms with Crippen LogP contribution in [0.25, 0.3) is 11.0 Å². The zero-order valence-electron chi connectivity index (χ0n) is 18.2. The summed E-state index contributed by atoms with van der Waals surface area (Å²) in [6.45, 7) is 2.95. The van der Waals surface area contributed by atoms with E-state index in [1.54, 1.807) is 6.92 Å². The van der Waals surface area contributed by atoms with Gasteiger partial charge in [0.25, 0.3) is 5.91 Å². The van der Waals surface area contributed by atoms with Crippen molar-refractivity contribution in [2.45, 2.75) is 26.4 Å². The third-order valence-electron chi connectivity index (χ3n) is 5.33. The Labute approximate surface area is 191 Å². The monoisotopic (exact) mass is 444 g/mol. The average Bonchev–Trinajstić information content (AvgIpc) is 3.19. The molecule has 1 N–H and O–H groups in total. The minimum Gasteiger partial charge on any atom is -0.487 e. The van der Waals surface area contributed by atoms with E-state index in [1.807, 2.05) is 42.5 Å². The van der Waals surface area contributed by atoms with E-state index in [2.05, 4.69) is 22.0 Å². The van der Waals surface area contributed by atoms with E-state index in [9.17, 15) is 14.9 Å². The lowest BCUT2D eigenvalue weighted by atomic mass is 10.1. The smallest absolute Gasteiger partial charge is 0.311 e. The van der Waals surface area contributed by atoms with Crippen LogP contribution in [0.15, 0.2) is 72.8 Å². The van der Waals surface area contributed by atoms with Gasteiger partial charge in [0.2, 0.25) is 0 Å². The molecule has 0 radical (unpaired) electrons. The number of imidazole rings is 1. The number of nitrogens with one attached hydrogen (secondary N) is 1. The van der Waals surface area contributed by atoms with Crippen molar-refractivity contribution in [3.8, 4) is 5.75 Å². The fourth-order valence-corrected chi connectivity index (χ4v) is 3.74. The molecule has 0 saturated carbocycles. The number of carbonyl (C=O) groups excluding carboxylic acids is 1. The zero-order valence-corrected chi connectivity index (χ0v) is 18.2. The van der Waals surface area contributed by atoms with Gasteiger partial charge in [0, 0.05) is 18.2 Å². The number of nitrogens with zero attached hydrogens (tertiary/aromatic N) is 3. The van der Waals surface area contributed by atoms with Gasteiger partial charge in [-0.3, -0.25) is 14.9 Å². The molecule has 8 heteroatoms. The van der Waals surface area contributed by atoms with Crippen LogP contribution in [-0.4, -0.2) is 27.0 Å². The summed E-state index contributed by atoms with van der Waals surface area (Å²) in [6, 6.07) is 22.2. The van der Waals surface area contributed by atoms with Crippen molar-refractivity contribution in [2.75, 3.05) is 6.61 Å². The Balaban J connectivity index is 1.54. The standard InChI is InChI=1S/C25H24N4O4/c1-2-33-23-13-12-19(16-22(23)29(31)32)25(30)26-17-24-27-20-10-6-7-11-21(20)28(24)15-14-18-8-4-3-5-9-18/h3-13,16H,2,14-15,17H2,1H3,(H,26,30). The van der Waals surface area contributed by atoms with E-state index in [0.717, 1.165) is 23.3 Å². The van der Waals surface area contributed by atoms with E-state index in [4.69, 9.17) is 9.72 Å². The first kappa shape index (κ1) is 22.0. The van der Waals surface area contributed by atoms with Gasteiger partial charge in [0.15, 0.2) is 5.75 Å². The quantitative estimate of drug-likeness (QED) is 0.302. The topological polar surface area (TPSA) is 99.3 Å². The summed E-state index contributed by atoms with van der Waals surface area (Å²) in [5.41, 5.74) is 3.02. The minimum absolute atomic E-state index is 0.141. The highest BCUT2D eigenvalue weighted by molar-refractivity contribution is 5.95. The molecular weight excluding hydrogens is 420 g/mol. The number of ether oxygens (including phenoxy) is 1. The number of aromatic nitrogens is 2. The Morgan fingerprint density at radius 3 is 2.61 bits per heavy atom. The van der Waals surface area contributed by atoms with Gasteiger partial charge in [-0.1, -0.05) is 42.5 Å². The molecular formula is C25H24N4O4. The number of hydrogen-bond acceptors (Lipinski definition) is 5. The second-order valence-electron chi connectivity index (χ2n) is 7.46. The number of carbonyl (C=O) groups is 1. The van der Waals surface area contributed by atoms with E-state index >= 15 is 0 Å². The van der Waals surface area contributed by atoms with Gasteiger partial charge < -0.3 is 14.6 Å². The van der Waals surface area contributed by atoms with Crippen LogP contribution in [0.4, 0.5) is 5.69 Å². The van der Waals surface area contributed by atoms with Crippen molar-refractivity contribution in [1.82, 2.24) is 14.9 Å². The summed E-state index contributed by atoms with van der Waals surface area (Å²) in [6.07, 6.45) is 0.827. The van der Waals surface area contributed by atoms with Crippen molar-refractivity contribution in [3.63, 3.8) is 0 Å². The van der Waals surface area contributed by atoms with Crippen molar-refractivity contribution < 1.29 is 14.5 Å². The second kappa shape index (κ2) is 9.95. The van der Waals surface area contributed by atoms with Crippen LogP contribution in [0.2, 0.25) is 0 Å². The minimum atomic E-state index is -0.551. The van der Waals surface area contributed by atoms with Crippen LogP contribution in [0, 0.1) is 10.1 Å². The molecule has 1 amide bonds. The summed E-state index contributed by atoms with van der Waals surface area (Å²) < 4.78 is 7.39. The van der Waals surface area contributed by atoms with Gasteiger partial charge >= 0.3 is 5.69 Å². The molecule has 0 fully saturated rings. The van der Waals surface area contributed by atoms with Gasteiger partial charge in [-0.05, 0) is 43.2 Å². The number of aryl methyl sites for hydroxylation is 2. The Kier molecular flexibility index (Phi) is 6.64. The Morgan fingerprint density at radius 2 is 1.85 bits per heavy atom. The van der Waals surface area contributed by atoms with Gasteiger partial charge in [0.1, 0.15) is 5.82 Å². The first-order valence-corrected chi connectivity index (χ1v) is 10.7. The summed E-state index contributed by atoms with van der Waals surface area (Å²) in [4.78, 5) is 28.3. The predicted octanol–water partition coefficient (Wildman–Crippen LogP) is 4.52. The fourth-order valence-electron chi connectivity index (χ4n) is 3.74. The van der Waals surface area contributed by atoms with E-state index in [0.29, 0.717) is 13.2 Å². The second-order valence-corrected chi connectivity index (χ2v) is 7.46. The van der Waals surface area contributed by atoms with Crippen LogP contribution in [0.1, 0.15) is 28.7 Å². The van der Waals surface area contributed by atoms with Gasteiger partial charge in [-0.2, -0.15) is 0 Å². The summed E-state index contributed by atoms with van der Waals surface area (Å²) in [5.74, 6) is 0.450. The number of benzene rings is 3. The van der Waals surface area contributed by atoms with Crippen molar-refractivity contribution in [1.29, 1.82) is 0 Å². The lowest BCUT2D eigenvalue weighted by molar-refractivity contribution is -0.385. The van der Waals surface area contributed by atoms with Crippen LogP contribution >= 0.6 is 0 Å². The Bertz CT molecular complexity index is 1280. The molecule has 0 aliphatic rings. The van der Waals surface area contributed by atoms with E-state index < -0.39 is 10.8 Å². The molecule has 0 spiro atoms. The maximum atomic E-state index is 12.8. The zero-order chi connectivity index (χ0) is 23.2. The number of hydrogen-bond donors (Lipinski definition) is 1. The normalized spacial score (nSPS) is 10.8. The number of rotatable bonds is 9. The number of nitro benzene ring substituents is 1. The molecule has 0 aliphatic carbocycles. The van der Waals surface area contributed by atoms with Gasteiger partial charge in [0.05, 0.1) is 29.1 Å². The number of fused-ring (bicyclic) bond motifs is 1. The Hall–Kier alpha value is -4.20. The summed E-state index contributed by atoms with van der Waals surface area (Å²) >= 11 is 0. The van der Waals surface area contributed by atoms with Crippen LogP contribution in [0.3, 0.4) is 0 Å². The lowest BCUT2D eigenvalue weighted by Crippen LogP contribution is -2.25. The van der Waals surface area contributed by atoms with Crippen molar-refractivity contribution in [2.24, 2.45) is 0 Å². The van der Waals surface area contributed by atoms with E-state index in [-0.39, 0.29) is 23.5 Å². The van der Waals surface area contributed by atoms with Crippen LogP contribution in [0.5, 0.6) is 5.75 Å². The maximum absolute atomic E-state index is 12.8. The molecule has 0 saturated heterocycles. The third kappa shape index (κ3) is 5.01. The van der Waals surface area contributed by atoms with E-state index in [1.165, 1.54) is 23.8 Å². The maximum Gasteiger partial charge on any atom is 0.311 e. The number of para-hydroxylation sites is 2. The Morgan fingerprint density at radius 1 is 1.09 bits per heavy atom. The largest absolute Gasteiger partial charge is 0.487 e. The highest BCUT2D eigenvalue weighted by Gasteiger charge is 2.19. The molecule has 1 aromatic heterocycles. The molecule has 0 atom stereocenters. The van der Waals surface area contributed by atoms with Crippen molar-refractivity contribution >= 4 is 22.6 Å². The van der Waals surface area contributed by atoms with Crippen LogP contribution < -0.4 is 10.1 Å². The van der Waals surface area contributed by atoms with Crippen LogP contribution in [-0.2, 0) is 19.5 Å². The van der Waals surface area contributed by atoms with Gasteiger partial charge in [-0.25, -0.2) is 4.98 Å². The molecule has 8 nitrogen and oxygen atoms in total. The highest BCUT2D eigenvalue weighted by atomic mass is 16.6. The molecule has 33 heavy (non-hydrogen) atoms. The predicted molar refractivity (Wildman–Crippen MR) is 125 cm³/mol. The highest BCUT2D eigenvalue weighted by Crippen LogP contribution is 2.28. The molecule has 0 bridgehead atoms. The van der Waals surface area contributed by atoms with Crippen molar-refractivity contribution in [3.05, 3.63) is 99.9 Å². The fraction of sp³-hybridized carbons (Fsp3) is 0.200. The SMILES string of the molecule is CCOc1ccc(C(=O)NCc2nc3ccccc3n2CCc2ccccc2)cc1[N+](=O)[O-]. The lowest BCUT2D eigenvalue weighted by Gasteiger charge is -2.11. The molecule has 0 aliphatic heterocycles. The van der Waals surface area contributed by atoms with Gasteiger partial charge in [-0.15, -0.1) is 0 Å². The third-order valence-corrected chi connectivity index (χ3v) is 5.33. The summed E-state index contributed by atoms with van der Waals surface area (Å²) in [5, 5.41) is 14.2. The molecule has 0 unspecified atom stereocenters. The number of amides is 1. The average molecular weight is 444 g/mol. The molecule has 168 valence electrons. The molecule has 4 rings (SSSR count). The summed E-state index contributed by atoms with van der Waals surface area (Å²) in [7, 11) is 0. The number of nitro groups is 1.